The molecule has 1 rings (SSSR count). The molecule has 0 spiro atoms. The molecule has 0 amide bonds. The first-order valence-corrected chi connectivity index (χ1v) is 13.8. The van der Waals surface area contributed by atoms with Gasteiger partial charge in [0.1, 0.15) is 12.0 Å². The normalized spacial score (nSPS) is 16.9. The molecular formula is C25H42O4Si. The van der Waals surface area contributed by atoms with Gasteiger partial charge in [-0.05, 0) is 41.7 Å². The Morgan fingerprint density at radius 1 is 0.967 bits per heavy atom. The standard InChI is InChI=1S/C25H42O4Si/c1-9-19(5)25(29-30(10-2,11-3)12-4)21(7)24(20(6)17-26)28-18-22-13-15-23(27-8)16-14-22/h9,13-17,19-21,24-25H,1,10-12,18H2,2-8H3/t19-,20-,21+,24-,25+/m1/s1. The van der Waals surface area contributed by atoms with Crippen molar-refractivity contribution in [2.24, 2.45) is 17.8 Å². The van der Waals surface area contributed by atoms with Gasteiger partial charge in [0.2, 0.25) is 0 Å². The Kier molecular flexibility index (Phi) is 11.6. The molecule has 0 saturated carbocycles. The smallest absolute Gasteiger partial charge is 0.192 e. The zero-order valence-corrected chi connectivity index (χ0v) is 21.0. The van der Waals surface area contributed by atoms with Crippen molar-refractivity contribution in [3.8, 4) is 5.75 Å². The number of ether oxygens (including phenoxy) is 2. The molecule has 0 fully saturated rings. The molecule has 0 radical (unpaired) electrons. The van der Waals surface area contributed by atoms with E-state index >= 15 is 0 Å². The third-order valence-electron chi connectivity index (χ3n) is 6.58. The Labute approximate surface area is 185 Å². The lowest BCUT2D eigenvalue weighted by Crippen LogP contribution is -2.48. The SMILES string of the molecule is C=C[C@@H](C)[C@H](O[Si](CC)(CC)CC)[C@@H](C)[C@H](OCc1ccc(OC)cc1)[C@H](C)C=O. The summed E-state index contributed by atoms with van der Waals surface area (Å²) in [5, 5.41) is 0. The average Bonchev–Trinajstić information content (AvgIpc) is 2.80. The molecule has 170 valence electrons. The Morgan fingerprint density at radius 2 is 1.53 bits per heavy atom. The Balaban J connectivity index is 3.08. The highest BCUT2D eigenvalue weighted by Gasteiger charge is 2.39. The summed E-state index contributed by atoms with van der Waals surface area (Å²) in [6, 6.07) is 11.1. The number of hydrogen-bond acceptors (Lipinski definition) is 4. The molecule has 1 aromatic rings. The predicted octanol–water partition coefficient (Wildman–Crippen LogP) is 6.26. The van der Waals surface area contributed by atoms with E-state index in [1.807, 2.05) is 37.3 Å². The van der Waals surface area contributed by atoms with Crippen LogP contribution in [0.3, 0.4) is 0 Å². The van der Waals surface area contributed by atoms with Gasteiger partial charge in [0, 0.05) is 11.8 Å². The van der Waals surface area contributed by atoms with E-state index in [9.17, 15) is 4.79 Å². The van der Waals surface area contributed by atoms with Crippen molar-refractivity contribution in [1.82, 2.24) is 0 Å². The first-order chi connectivity index (χ1) is 14.3. The largest absolute Gasteiger partial charge is 0.497 e. The Morgan fingerprint density at radius 3 is 1.97 bits per heavy atom. The van der Waals surface area contributed by atoms with Gasteiger partial charge < -0.3 is 18.7 Å². The van der Waals surface area contributed by atoms with Crippen LogP contribution in [0.5, 0.6) is 5.75 Å². The molecule has 30 heavy (non-hydrogen) atoms. The molecule has 0 aliphatic carbocycles. The van der Waals surface area contributed by atoms with Crippen molar-refractivity contribution in [2.45, 2.75) is 78.5 Å². The summed E-state index contributed by atoms with van der Waals surface area (Å²) in [6.45, 7) is 17.4. The fraction of sp³-hybridized carbons (Fsp3) is 0.640. The highest BCUT2D eigenvalue weighted by Crippen LogP contribution is 2.33. The number of methoxy groups -OCH3 is 1. The maximum absolute atomic E-state index is 11.7. The molecule has 0 saturated heterocycles. The van der Waals surface area contributed by atoms with Gasteiger partial charge >= 0.3 is 0 Å². The highest BCUT2D eigenvalue weighted by molar-refractivity contribution is 6.73. The summed E-state index contributed by atoms with van der Waals surface area (Å²) < 4.78 is 18.5. The summed E-state index contributed by atoms with van der Waals surface area (Å²) in [6.07, 6.45) is 2.72. The van der Waals surface area contributed by atoms with Crippen LogP contribution >= 0.6 is 0 Å². The van der Waals surface area contributed by atoms with E-state index in [2.05, 4.69) is 41.2 Å². The number of carbonyl (C=O) groups excluding carboxylic acids is 1. The fourth-order valence-corrected chi connectivity index (χ4v) is 7.08. The minimum absolute atomic E-state index is 0.0164. The van der Waals surface area contributed by atoms with Crippen LogP contribution in [-0.4, -0.2) is 33.9 Å². The van der Waals surface area contributed by atoms with Crippen molar-refractivity contribution < 1.29 is 18.7 Å². The summed E-state index contributed by atoms with van der Waals surface area (Å²) in [5.74, 6) is 0.843. The molecule has 0 heterocycles. The molecule has 1 aromatic carbocycles. The van der Waals surface area contributed by atoms with E-state index < -0.39 is 8.32 Å². The minimum atomic E-state index is -1.82. The van der Waals surface area contributed by atoms with Gasteiger partial charge in [0.05, 0.1) is 25.9 Å². The number of hydrogen-bond donors (Lipinski definition) is 0. The van der Waals surface area contributed by atoms with E-state index in [-0.39, 0.29) is 30.0 Å². The van der Waals surface area contributed by atoms with Crippen LogP contribution in [0, 0.1) is 17.8 Å². The molecule has 0 N–H and O–H groups in total. The maximum atomic E-state index is 11.7. The van der Waals surface area contributed by atoms with Crippen molar-refractivity contribution >= 4 is 14.6 Å². The molecule has 0 aliphatic heterocycles. The summed E-state index contributed by atoms with van der Waals surface area (Å²) in [7, 11) is -0.161. The van der Waals surface area contributed by atoms with Crippen LogP contribution in [0.1, 0.15) is 47.1 Å². The molecule has 5 heteroatoms. The lowest BCUT2D eigenvalue weighted by atomic mass is 9.84. The van der Waals surface area contributed by atoms with Crippen molar-refractivity contribution in [1.29, 1.82) is 0 Å². The predicted molar refractivity (Wildman–Crippen MR) is 127 cm³/mol. The van der Waals surface area contributed by atoms with Gasteiger partial charge in [-0.3, -0.25) is 0 Å². The van der Waals surface area contributed by atoms with Crippen molar-refractivity contribution in [2.75, 3.05) is 7.11 Å². The molecule has 0 aromatic heterocycles. The van der Waals surface area contributed by atoms with Gasteiger partial charge in [-0.25, -0.2) is 0 Å². The second-order valence-corrected chi connectivity index (χ2v) is 13.1. The Hall–Kier alpha value is -1.43. The van der Waals surface area contributed by atoms with Crippen LogP contribution in [0.25, 0.3) is 0 Å². The molecule has 0 bridgehead atoms. The van der Waals surface area contributed by atoms with Gasteiger partial charge in [0.25, 0.3) is 0 Å². The summed E-state index contributed by atoms with van der Waals surface area (Å²) in [4.78, 5) is 11.7. The van der Waals surface area contributed by atoms with Crippen LogP contribution in [-0.2, 0) is 20.6 Å². The zero-order chi connectivity index (χ0) is 22.7. The number of rotatable bonds is 15. The molecule has 0 unspecified atom stereocenters. The van der Waals surface area contributed by atoms with Crippen LogP contribution < -0.4 is 4.74 Å². The van der Waals surface area contributed by atoms with E-state index in [4.69, 9.17) is 13.9 Å². The second kappa shape index (κ2) is 13.1. The van der Waals surface area contributed by atoms with Crippen molar-refractivity contribution in [3.63, 3.8) is 0 Å². The molecule has 5 atom stereocenters. The lowest BCUT2D eigenvalue weighted by molar-refractivity contribution is -0.121. The molecular weight excluding hydrogens is 392 g/mol. The van der Waals surface area contributed by atoms with Crippen LogP contribution in [0.4, 0.5) is 0 Å². The van der Waals surface area contributed by atoms with Crippen LogP contribution in [0.2, 0.25) is 18.1 Å². The zero-order valence-electron chi connectivity index (χ0n) is 20.0. The quantitative estimate of drug-likeness (QED) is 0.185. The van der Waals surface area contributed by atoms with E-state index in [0.717, 1.165) is 35.7 Å². The molecule has 4 nitrogen and oxygen atoms in total. The van der Waals surface area contributed by atoms with Crippen molar-refractivity contribution in [3.05, 3.63) is 42.5 Å². The Bertz CT molecular complexity index is 618. The topological polar surface area (TPSA) is 44.8 Å². The third-order valence-corrected chi connectivity index (χ3v) is 11.2. The first-order valence-electron chi connectivity index (χ1n) is 11.3. The van der Waals surface area contributed by atoms with E-state index in [1.165, 1.54) is 0 Å². The van der Waals surface area contributed by atoms with Gasteiger partial charge in [0.15, 0.2) is 8.32 Å². The summed E-state index contributed by atoms with van der Waals surface area (Å²) >= 11 is 0. The maximum Gasteiger partial charge on any atom is 0.192 e. The minimum Gasteiger partial charge on any atom is -0.497 e. The average molecular weight is 435 g/mol. The molecule has 0 aliphatic rings. The van der Waals surface area contributed by atoms with E-state index in [0.29, 0.717) is 6.61 Å². The number of aldehydes is 1. The first kappa shape index (κ1) is 26.6. The van der Waals surface area contributed by atoms with Crippen LogP contribution in [0.15, 0.2) is 36.9 Å². The second-order valence-electron chi connectivity index (χ2n) is 8.40. The lowest BCUT2D eigenvalue weighted by Gasteiger charge is -2.41. The number of carbonyl (C=O) groups is 1. The monoisotopic (exact) mass is 434 g/mol. The van der Waals surface area contributed by atoms with Gasteiger partial charge in [-0.1, -0.05) is 59.8 Å². The third kappa shape index (κ3) is 7.07. The number of benzene rings is 1. The highest BCUT2D eigenvalue weighted by atomic mass is 28.4. The van der Waals surface area contributed by atoms with E-state index in [1.54, 1.807) is 7.11 Å². The summed E-state index contributed by atoms with van der Waals surface area (Å²) in [5.41, 5.74) is 1.06. The fourth-order valence-electron chi connectivity index (χ4n) is 4.08. The van der Waals surface area contributed by atoms with Gasteiger partial charge in [-0.15, -0.1) is 6.58 Å². The van der Waals surface area contributed by atoms with Gasteiger partial charge in [-0.2, -0.15) is 0 Å².